The molecule has 0 spiro atoms. The first-order valence-corrected chi connectivity index (χ1v) is 9.61. The molecular formula is C21H27N5O. The summed E-state index contributed by atoms with van der Waals surface area (Å²) in [5.74, 6) is 1.96. The highest BCUT2D eigenvalue weighted by atomic mass is 16.5. The predicted molar refractivity (Wildman–Crippen MR) is 106 cm³/mol. The Morgan fingerprint density at radius 3 is 2.78 bits per heavy atom. The van der Waals surface area contributed by atoms with Crippen molar-refractivity contribution in [2.75, 3.05) is 20.2 Å². The van der Waals surface area contributed by atoms with Crippen LogP contribution in [0, 0.1) is 0 Å². The van der Waals surface area contributed by atoms with Gasteiger partial charge in [-0.15, -0.1) is 0 Å². The predicted octanol–water partition coefficient (Wildman–Crippen LogP) is 3.13. The van der Waals surface area contributed by atoms with Gasteiger partial charge in [-0.05, 0) is 56.1 Å². The lowest BCUT2D eigenvalue weighted by Gasteiger charge is -2.18. The van der Waals surface area contributed by atoms with E-state index in [2.05, 4.69) is 50.1 Å². The van der Waals surface area contributed by atoms with Gasteiger partial charge in [0, 0.05) is 49.9 Å². The number of hydrogen-bond donors (Lipinski definition) is 0. The van der Waals surface area contributed by atoms with Crippen LogP contribution in [0.5, 0.6) is 5.75 Å². The molecule has 0 saturated carbocycles. The molecule has 6 nitrogen and oxygen atoms in total. The second-order valence-corrected chi connectivity index (χ2v) is 7.23. The number of ether oxygens (including phenoxy) is 1. The van der Waals surface area contributed by atoms with Crippen LogP contribution >= 0.6 is 0 Å². The van der Waals surface area contributed by atoms with Crippen molar-refractivity contribution >= 4 is 0 Å². The van der Waals surface area contributed by atoms with Crippen LogP contribution in [-0.4, -0.2) is 44.4 Å². The highest BCUT2D eigenvalue weighted by molar-refractivity contribution is 5.59. The number of aromatic nitrogens is 4. The minimum absolute atomic E-state index is 0.883. The van der Waals surface area contributed by atoms with Crippen molar-refractivity contribution in [2.45, 2.75) is 32.4 Å². The van der Waals surface area contributed by atoms with E-state index in [1.54, 1.807) is 7.11 Å². The first kappa shape index (κ1) is 17.8. The SMILES string of the molecule is COc1ccc(-c2nccn2CCc2cnn(C)c2)cc1CN1CCCC1. The van der Waals surface area contributed by atoms with Gasteiger partial charge < -0.3 is 9.30 Å². The van der Waals surface area contributed by atoms with Gasteiger partial charge in [-0.3, -0.25) is 9.58 Å². The van der Waals surface area contributed by atoms with Crippen molar-refractivity contribution < 1.29 is 4.74 Å². The zero-order valence-electron chi connectivity index (χ0n) is 16.1. The lowest BCUT2D eigenvalue weighted by atomic mass is 10.1. The number of methoxy groups -OCH3 is 1. The Hall–Kier alpha value is -2.60. The molecule has 1 aliphatic rings. The molecule has 0 atom stereocenters. The van der Waals surface area contributed by atoms with Crippen LogP contribution in [0.4, 0.5) is 0 Å². The molecule has 0 radical (unpaired) electrons. The van der Waals surface area contributed by atoms with Crippen molar-refractivity contribution in [1.29, 1.82) is 0 Å². The van der Waals surface area contributed by atoms with E-state index < -0.39 is 0 Å². The molecule has 1 aromatic carbocycles. The largest absolute Gasteiger partial charge is 0.496 e. The lowest BCUT2D eigenvalue weighted by Crippen LogP contribution is -2.18. The van der Waals surface area contributed by atoms with Gasteiger partial charge in [-0.1, -0.05) is 0 Å². The van der Waals surface area contributed by atoms with Gasteiger partial charge in [0.25, 0.3) is 0 Å². The Morgan fingerprint density at radius 1 is 1.19 bits per heavy atom. The minimum atomic E-state index is 0.883. The molecule has 1 fully saturated rings. The molecule has 0 N–H and O–H groups in total. The second-order valence-electron chi connectivity index (χ2n) is 7.23. The van der Waals surface area contributed by atoms with Gasteiger partial charge >= 0.3 is 0 Å². The van der Waals surface area contributed by atoms with Crippen LogP contribution in [0.2, 0.25) is 0 Å². The minimum Gasteiger partial charge on any atom is -0.496 e. The van der Waals surface area contributed by atoms with Crippen molar-refractivity contribution in [3.63, 3.8) is 0 Å². The maximum absolute atomic E-state index is 5.60. The van der Waals surface area contributed by atoms with Gasteiger partial charge in [0.2, 0.25) is 0 Å². The molecule has 3 aromatic rings. The summed E-state index contributed by atoms with van der Waals surface area (Å²) in [6.45, 7) is 4.17. The van der Waals surface area contributed by atoms with Crippen molar-refractivity contribution in [2.24, 2.45) is 7.05 Å². The van der Waals surface area contributed by atoms with E-state index in [1.165, 1.54) is 37.1 Å². The molecule has 4 rings (SSSR count). The number of imidazole rings is 1. The van der Waals surface area contributed by atoms with E-state index in [4.69, 9.17) is 4.74 Å². The molecular weight excluding hydrogens is 338 g/mol. The van der Waals surface area contributed by atoms with Gasteiger partial charge in [0.05, 0.1) is 13.3 Å². The average Bonchev–Trinajstić information content (AvgIpc) is 3.42. The molecule has 0 bridgehead atoms. The van der Waals surface area contributed by atoms with Crippen molar-refractivity contribution in [3.05, 3.63) is 54.1 Å². The van der Waals surface area contributed by atoms with E-state index in [9.17, 15) is 0 Å². The van der Waals surface area contributed by atoms with Gasteiger partial charge in [-0.25, -0.2) is 4.98 Å². The monoisotopic (exact) mass is 365 g/mol. The van der Waals surface area contributed by atoms with E-state index in [0.717, 1.165) is 36.6 Å². The van der Waals surface area contributed by atoms with E-state index in [-0.39, 0.29) is 0 Å². The van der Waals surface area contributed by atoms with Gasteiger partial charge in [0.1, 0.15) is 11.6 Å². The number of nitrogens with zero attached hydrogens (tertiary/aromatic N) is 5. The Balaban J connectivity index is 1.55. The van der Waals surface area contributed by atoms with Crippen LogP contribution in [0.25, 0.3) is 11.4 Å². The summed E-state index contributed by atoms with van der Waals surface area (Å²) < 4.78 is 9.66. The van der Waals surface area contributed by atoms with Crippen LogP contribution < -0.4 is 4.74 Å². The van der Waals surface area contributed by atoms with Gasteiger partial charge in [-0.2, -0.15) is 5.10 Å². The maximum Gasteiger partial charge on any atom is 0.139 e. The fraction of sp³-hybridized carbons (Fsp3) is 0.429. The summed E-state index contributed by atoms with van der Waals surface area (Å²) >= 11 is 0. The Labute approximate surface area is 160 Å². The van der Waals surface area contributed by atoms with Crippen LogP contribution in [-0.2, 0) is 26.6 Å². The summed E-state index contributed by atoms with van der Waals surface area (Å²) in [4.78, 5) is 7.12. The third-order valence-electron chi connectivity index (χ3n) is 5.25. The zero-order valence-corrected chi connectivity index (χ0v) is 16.1. The lowest BCUT2D eigenvalue weighted by molar-refractivity contribution is 0.321. The molecule has 1 aliphatic heterocycles. The summed E-state index contributed by atoms with van der Waals surface area (Å²) in [5, 5.41) is 4.25. The number of hydrogen-bond acceptors (Lipinski definition) is 4. The van der Waals surface area contributed by atoms with E-state index in [0.29, 0.717) is 0 Å². The fourth-order valence-corrected chi connectivity index (χ4v) is 3.82. The van der Waals surface area contributed by atoms with Crippen LogP contribution in [0.15, 0.2) is 43.0 Å². The molecule has 0 amide bonds. The highest BCUT2D eigenvalue weighted by Crippen LogP contribution is 2.28. The topological polar surface area (TPSA) is 48.1 Å². The first-order chi connectivity index (χ1) is 13.2. The standard InChI is InChI=1S/C21H27N5O/c1-24-15-17(14-23-24)7-11-26-12-8-22-21(26)18-5-6-20(27-2)19(13-18)16-25-9-3-4-10-25/h5-6,8,12-15H,3-4,7,9-11,16H2,1-2H3. The molecule has 1 saturated heterocycles. The smallest absolute Gasteiger partial charge is 0.139 e. The molecule has 3 heterocycles. The Kier molecular flexibility index (Phi) is 5.25. The van der Waals surface area contributed by atoms with Crippen molar-refractivity contribution in [3.8, 4) is 17.1 Å². The first-order valence-electron chi connectivity index (χ1n) is 9.61. The third-order valence-corrected chi connectivity index (χ3v) is 5.25. The molecule has 6 heteroatoms. The van der Waals surface area contributed by atoms with Crippen LogP contribution in [0.3, 0.4) is 0 Å². The summed E-state index contributed by atoms with van der Waals surface area (Å²) in [7, 11) is 3.70. The molecule has 142 valence electrons. The normalized spacial score (nSPS) is 14.7. The van der Waals surface area contributed by atoms with Gasteiger partial charge in [0.15, 0.2) is 0 Å². The number of rotatable bonds is 7. The fourth-order valence-electron chi connectivity index (χ4n) is 3.82. The highest BCUT2D eigenvalue weighted by Gasteiger charge is 2.16. The summed E-state index contributed by atoms with van der Waals surface area (Å²) in [6, 6.07) is 6.41. The molecule has 0 unspecified atom stereocenters. The zero-order chi connectivity index (χ0) is 18.6. The Bertz CT molecular complexity index is 892. The number of aryl methyl sites for hydroxylation is 3. The Morgan fingerprint density at radius 2 is 2.04 bits per heavy atom. The number of benzene rings is 1. The maximum atomic E-state index is 5.60. The number of likely N-dealkylation sites (tertiary alicyclic amines) is 1. The van der Waals surface area contributed by atoms with Crippen molar-refractivity contribution in [1.82, 2.24) is 24.2 Å². The van der Waals surface area contributed by atoms with Crippen LogP contribution in [0.1, 0.15) is 24.0 Å². The quantitative estimate of drug-likeness (QED) is 0.645. The van der Waals surface area contributed by atoms with E-state index >= 15 is 0 Å². The summed E-state index contributed by atoms with van der Waals surface area (Å²) in [6.07, 6.45) is 11.4. The second kappa shape index (κ2) is 7.96. The average molecular weight is 365 g/mol. The molecule has 2 aromatic heterocycles. The molecule has 27 heavy (non-hydrogen) atoms. The summed E-state index contributed by atoms with van der Waals surface area (Å²) in [5.41, 5.74) is 3.61. The van der Waals surface area contributed by atoms with E-state index in [1.807, 2.05) is 24.1 Å². The third kappa shape index (κ3) is 4.06. The molecule has 0 aliphatic carbocycles.